The molecule has 1 heterocycles. The second-order valence-electron chi connectivity index (χ2n) is 8.47. The fourth-order valence-corrected chi connectivity index (χ4v) is 5.81. The minimum absolute atomic E-state index is 0.189. The molecule has 3 aromatic rings. The molecular weight excluding hydrogens is 420 g/mol. The van der Waals surface area contributed by atoms with E-state index in [4.69, 9.17) is 4.74 Å². The Bertz CT molecular complexity index is 1270. The van der Waals surface area contributed by atoms with Gasteiger partial charge in [0.25, 0.3) is 10.0 Å². The molecule has 0 radical (unpaired) electrons. The van der Waals surface area contributed by atoms with Crippen LogP contribution in [0.1, 0.15) is 35.1 Å². The highest BCUT2D eigenvalue weighted by atomic mass is 32.2. The second-order valence-corrected chi connectivity index (χ2v) is 10.2. The maximum atomic E-state index is 13.1. The van der Waals surface area contributed by atoms with Gasteiger partial charge in [0.05, 0.1) is 18.0 Å². The lowest BCUT2D eigenvalue weighted by Crippen LogP contribution is -2.29. The van der Waals surface area contributed by atoms with Crippen LogP contribution in [0, 0.1) is 12.8 Å². The van der Waals surface area contributed by atoms with Crippen LogP contribution in [0.25, 0.3) is 0 Å². The molecule has 3 atom stereocenters. The number of methoxy groups -OCH3 is 1. The third-order valence-corrected chi connectivity index (χ3v) is 7.80. The van der Waals surface area contributed by atoms with E-state index in [-0.39, 0.29) is 16.9 Å². The Hall–Kier alpha value is -3.25. The standard InChI is InChI=1S/C26H26N2O3S/c1-17-6-8-18(9-7-17)26-23-5-3-4-22(23)24-16-21(14-15-25(24)27-26)32(29,30)28-19-10-12-20(31-2)13-11-19/h3-4,6-16,22-23,26-28H,5H2,1-2H3/t22-,23+,26+/m0/s1. The summed E-state index contributed by atoms with van der Waals surface area (Å²) in [5, 5.41) is 3.68. The predicted molar refractivity (Wildman–Crippen MR) is 128 cm³/mol. The Labute approximate surface area is 189 Å². The quantitative estimate of drug-likeness (QED) is 0.499. The Morgan fingerprint density at radius 2 is 1.75 bits per heavy atom. The van der Waals surface area contributed by atoms with E-state index in [0.29, 0.717) is 17.4 Å². The smallest absolute Gasteiger partial charge is 0.261 e. The zero-order chi connectivity index (χ0) is 22.3. The molecule has 0 bridgehead atoms. The normalized spacial score (nSPS) is 21.4. The van der Waals surface area contributed by atoms with Crippen LogP contribution in [-0.4, -0.2) is 15.5 Å². The molecule has 0 unspecified atom stereocenters. The van der Waals surface area contributed by atoms with Gasteiger partial charge in [0.1, 0.15) is 5.75 Å². The molecule has 0 saturated heterocycles. The number of hydrogen-bond acceptors (Lipinski definition) is 4. The summed E-state index contributed by atoms with van der Waals surface area (Å²) in [5.74, 6) is 1.22. The number of hydrogen-bond donors (Lipinski definition) is 2. The average Bonchev–Trinajstić information content (AvgIpc) is 3.29. The first kappa shape index (κ1) is 20.6. The number of allylic oxidation sites excluding steroid dienone is 2. The first-order valence-corrected chi connectivity index (χ1v) is 12.2. The zero-order valence-electron chi connectivity index (χ0n) is 18.1. The molecule has 0 aromatic heterocycles. The van der Waals surface area contributed by atoms with Crippen molar-refractivity contribution in [2.45, 2.75) is 30.2 Å². The lowest BCUT2D eigenvalue weighted by Gasteiger charge is -2.37. The van der Waals surface area contributed by atoms with E-state index < -0.39 is 10.0 Å². The second kappa shape index (κ2) is 8.02. The molecule has 6 heteroatoms. The molecule has 2 aliphatic rings. The molecule has 1 aliphatic carbocycles. The summed E-state index contributed by atoms with van der Waals surface area (Å²) in [6.07, 6.45) is 5.40. The third-order valence-electron chi connectivity index (χ3n) is 6.42. The fourth-order valence-electron chi connectivity index (χ4n) is 4.72. The van der Waals surface area contributed by atoms with Crippen molar-refractivity contribution in [2.24, 2.45) is 5.92 Å². The molecule has 0 saturated carbocycles. The number of aryl methyl sites for hydroxylation is 1. The predicted octanol–water partition coefficient (Wildman–Crippen LogP) is 5.63. The van der Waals surface area contributed by atoms with E-state index in [1.807, 2.05) is 12.1 Å². The minimum Gasteiger partial charge on any atom is -0.497 e. The molecule has 0 spiro atoms. The van der Waals surface area contributed by atoms with Gasteiger partial charge in [-0.05, 0) is 72.9 Å². The van der Waals surface area contributed by atoms with Crippen molar-refractivity contribution in [3.63, 3.8) is 0 Å². The number of ether oxygens (including phenoxy) is 1. The summed E-state index contributed by atoms with van der Waals surface area (Å²) >= 11 is 0. The molecule has 32 heavy (non-hydrogen) atoms. The Morgan fingerprint density at radius 1 is 1.00 bits per heavy atom. The van der Waals surface area contributed by atoms with Gasteiger partial charge in [0.2, 0.25) is 0 Å². The van der Waals surface area contributed by atoms with Crippen LogP contribution < -0.4 is 14.8 Å². The highest BCUT2D eigenvalue weighted by Gasteiger charge is 2.38. The number of rotatable bonds is 5. The number of sulfonamides is 1. The topological polar surface area (TPSA) is 67.4 Å². The van der Waals surface area contributed by atoms with Gasteiger partial charge in [-0.3, -0.25) is 4.72 Å². The first-order chi connectivity index (χ1) is 15.4. The van der Waals surface area contributed by atoms with E-state index >= 15 is 0 Å². The molecule has 2 N–H and O–H groups in total. The van der Waals surface area contributed by atoms with E-state index in [1.54, 1.807) is 37.4 Å². The summed E-state index contributed by atoms with van der Waals surface area (Å²) in [5.41, 5.74) is 5.03. The van der Waals surface area contributed by atoms with E-state index in [0.717, 1.165) is 17.7 Å². The van der Waals surface area contributed by atoms with E-state index in [1.165, 1.54) is 11.1 Å². The van der Waals surface area contributed by atoms with Crippen molar-refractivity contribution in [3.05, 3.63) is 95.6 Å². The lowest BCUT2D eigenvalue weighted by molar-refractivity contribution is 0.415. The Balaban J connectivity index is 1.46. The van der Waals surface area contributed by atoms with Crippen LogP contribution >= 0.6 is 0 Å². The van der Waals surface area contributed by atoms with Gasteiger partial charge in [-0.25, -0.2) is 8.42 Å². The van der Waals surface area contributed by atoms with Crippen LogP contribution in [-0.2, 0) is 10.0 Å². The van der Waals surface area contributed by atoms with Gasteiger partial charge in [-0.1, -0.05) is 42.0 Å². The van der Waals surface area contributed by atoms with Crippen LogP contribution in [0.2, 0.25) is 0 Å². The molecular formula is C26H26N2O3S. The van der Waals surface area contributed by atoms with Crippen molar-refractivity contribution in [1.82, 2.24) is 0 Å². The summed E-state index contributed by atoms with van der Waals surface area (Å²) < 4.78 is 34.0. The fraction of sp³-hybridized carbons (Fsp3) is 0.231. The zero-order valence-corrected chi connectivity index (χ0v) is 18.9. The van der Waals surface area contributed by atoms with Crippen LogP contribution in [0.3, 0.4) is 0 Å². The van der Waals surface area contributed by atoms with Crippen molar-refractivity contribution in [3.8, 4) is 5.75 Å². The van der Waals surface area contributed by atoms with Gasteiger partial charge < -0.3 is 10.1 Å². The van der Waals surface area contributed by atoms with Gasteiger partial charge in [0.15, 0.2) is 0 Å². The van der Waals surface area contributed by atoms with Gasteiger partial charge >= 0.3 is 0 Å². The molecule has 164 valence electrons. The first-order valence-electron chi connectivity index (χ1n) is 10.8. The van der Waals surface area contributed by atoms with E-state index in [2.05, 4.69) is 53.4 Å². The maximum absolute atomic E-state index is 13.1. The maximum Gasteiger partial charge on any atom is 0.261 e. The van der Waals surface area contributed by atoms with Crippen molar-refractivity contribution in [1.29, 1.82) is 0 Å². The van der Waals surface area contributed by atoms with Crippen molar-refractivity contribution >= 4 is 21.4 Å². The molecule has 0 fully saturated rings. The summed E-state index contributed by atoms with van der Waals surface area (Å²) in [7, 11) is -2.13. The average molecular weight is 447 g/mol. The number of benzene rings is 3. The highest BCUT2D eigenvalue weighted by Crippen LogP contribution is 2.50. The van der Waals surface area contributed by atoms with Gasteiger partial charge in [-0.2, -0.15) is 0 Å². The molecule has 5 nitrogen and oxygen atoms in total. The highest BCUT2D eigenvalue weighted by molar-refractivity contribution is 7.92. The third kappa shape index (κ3) is 3.75. The van der Waals surface area contributed by atoms with Crippen molar-refractivity contribution in [2.75, 3.05) is 17.1 Å². The van der Waals surface area contributed by atoms with Crippen LogP contribution in [0.15, 0.2) is 83.8 Å². The minimum atomic E-state index is -3.71. The Kier molecular flexibility index (Phi) is 5.18. The molecule has 0 amide bonds. The molecule has 5 rings (SSSR count). The SMILES string of the molecule is COc1ccc(NS(=O)(=O)c2ccc3c(c2)[C@H]2C=CC[C@H]2[C@@H](c2ccc(C)cc2)N3)cc1. The van der Waals surface area contributed by atoms with E-state index in [9.17, 15) is 8.42 Å². The Morgan fingerprint density at radius 3 is 2.47 bits per heavy atom. The number of anilines is 2. The summed E-state index contributed by atoms with van der Waals surface area (Å²) in [6, 6.07) is 21.1. The molecule has 1 aliphatic heterocycles. The largest absolute Gasteiger partial charge is 0.497 e. The van der Waals surface area contributed by atoms with Gasteiger partial charge in [0, 0.05) is 17.3 Å². The summed E-state index contributed by atoms with van der Waals surface area (Å²) in [6.45, 7) is 2.09. The monoisotopic (exact) mass is 446 g/mol. The van der Waals surface area contributed by atoms with Crippen LogP contribution in [0.4, 0.5) is 11.4 Å². The lowest BCUT2D eigenvalue weighted by atomic mass is 9.77. The molecule has 3 aromatic carbocycles. The van der Waals surface area contributed by atoms with Crippen molar-refractivity contribution < 1.29 is 13.2 Å². The summed E-state index contributed by atoms with van der Waals surface area (Å²) in [4.78, 5) is 0.265. The number of nitrogens with one attached hydrogen (secondary N) is 2. The van der Waals surface area contributed by atoms with Gasteiger partial charge in [-0.15, -0.1) is 0 Å². The number of fused-ring (bicyclic) bond motifs is 3. The van der Waals surface area contributed by atoms with Crippen LogP contribution in [0.5, 0.6) is 5.75 Å².